The third kappa shape index (κ3) is 2.47. The third-order valence-corrected chi connectivity index (χ3v) is 5.68. The number of benzene rings is 3. The smallest absolute Gasteiger partial charge is 0.127 e. The van der Waals surface area contributed by atoms with Crippen LogP contribution in [-0.4, -0.2) is 9.97 Å². The molecule has 5 rings (SSSR count). The lowest BCUT2D eigenvalue weighted by atomic mass is 9.82. The average molecular weight is 368 g/mol. The summed E-state index contributed by atoms with van der Waals surface area (Å²) < 4.78 is 15.1. The van der Waals surface area contributed by atoms with E-state index in [-0.39, 0.29) is 11.7 Å². The molecule has 0 unspecified atom stereocenters. The summed E-state index contributed by atoms with van der Waals surface area (Å²) in [5.74, 6) is -0.379. The number of rotatable bonds is 3. The van der Waals surface area contributed by atoms with Crippen molar-refractivity contribution in [3.05, 3.63) is 107 Å². The van der Waals surface area contributed by atoms with Gasteiger partial charge in [-0.3, -0.25) is 0 Å². The molecule has 2 aromatic heterocycles. The Morgan fingerprint density at radius 3 is 1.64 bits per heavy atom. The lowest BCUT2D eigenvalue weighted by Gasteiger charge is -2.20. The van der Waals surface area contributed by atoms with Gasteiger partial charge in [0.1, 0.15) is 5.82 Å². The second-order valence-corrected chi connectivity index (χ2v) is 7.37. The number of aryl methyl sites for hydroxylation is 2. The topological polar surface area (TPSA) is 31.6 Å². The van der Waals surface area contributed by atoms with Crippen molar-refractivity contribution in [3.8, 4) is 0 Å². The quantitative estimate of drug-likeness (QED) is 0.360. The van der Waals surface area contributed by atoms with Gasteiger partial charge < -0.3 is 9.97 Å². The third-order valence-electron chi connectivity index (χ3n) is 5.68. The van der Waals surface area contributed by atoms with Gasteiger partial charge in [-0.15, -0.1) is 0 Å². The highest BCUT2D eigenvalue weighted by Crippen LogP contribution is 2.43. The number of para-hydroxylation sites is 2. The van der Waals surface area contributed by atoms with Gasteiger partial charge in [0, 0.05) is 39.1 Å². The van der Waals surface area contributed by atoms with E-state index in [0.29, 0.717) is 5.56 Å². The van der Waals surface area contributed by atoms with E-state index in [2.05, 4.69) is 48.1 Å². The Bertz CT molecular complexity index is 1230. The fourth-order valence-electron chi connectivity index (χ4n) is 4.51. The normalized spacial score (nSPS) is 11.7. The molecule has 0 fully saturated rings. The van der Waals surface area contributed by atoms with Crippen LogP contribution in [0.4, 0.5) is 4.39 Å². The van der Waals surface area contributed by atoms with Gasteiger partial charge in [0.05, 0.1) is 0 Å². The molecule has 2 heterocycles. The maximum Gasteiger partial charge on any atom is 0.127 e. The summed E-state index contributed by atoms with van der Waals surface area (Å²) in [6.07, 6.45) is 0. The van der Waals surface area contributed by atoms with E-state index in [9.17, 15) is 0 Å². The summed E-state index contributed by atoms with van der Waals surface area (Å²) in [5.41, 5.74) is 7.26. The van der Waals surface area contributed by atoms with Crippen molar-refractivity contribution in [2.24, 2.45) is 0 Å². The van der Waals surface area contributed by atoms with Crippen molar-refractivity contribution in [1.29, 1.82) is 0 Å². The summed E-state index contributed by atoms with van der Waals surface area (Å²) in [7, 11) is 0. The minimum Gasteiger partial charge on any atom is -0.358 e. The number of aromatic nitrogens is 2. The number of hydrogen-bond acceptors (Lipinski definition) is 0. The molecule has 0 bridgehead atoms. The Balaban J connectivity index is 1.90. The Morgan fingerprint density at radius 2 is 1.11 bits per heavy atom. The average Bonchev–Trinajstić information content (AvgIpc) is 3.20. The van der Waals surface area contributed by atoms with Crippen LogP contribution in [-0.2, 0) is 0 Å². The Morgan fingerprint density at radius 1 is 0.643 bits per heavy atom. The number of fused-ring (bicyclic) bond motifs is 2. The highest BCUT2D eigenvalue weighted by atomic mass is 19.1. The van der Waals surface area contributed by atoms with Crippen LogP contribution in [0.25, 0.3) is 21.8 Å². The van der Waals surface area contributed by atoms with Gasteiger partial charge >= 0.3 is 0 Å². The van der Waals surface area contributed by atoms with E-state index >= 15 is 4.39 Å². The van der Waals surface area contributed by atoms with Crippen molar-refractivity contribution >= 4 is 21.8 Å². The van der Waals surface area contributed by atoms with E-state index in [0.717, 1.165) is 44.3 Å². The minimum atomic E-state index is -0.200. The highest BCUT2D eigenvalue weighted by Gasteiger charge is 2.28. The minimum absolute atomic E-state index is 0.179. The second kappa shape index (κ2) is 6.38. The molecule has 0 saturated carbocycles. The molecule has 0 aliphatic rings. The highest BCUT2D eigenvalue weighted by molar-refractivity contribution is 5.90. The molecule has 5 aromatic rings. The van der Waals surface area contributed by atoms with Gasteiger partial charge in [0.25, 0.3) is 0 Å². The number of aromatic amines is 2. The molecule has 0 amide bonds. The molecule has 0 atom stereocenters. The number of hydrogen-bond donors (Lipinski definition) is 2. The zero-order chi connectivity index (χ0) is 19.3. The lowest BCUT2D eigenvalue weighted by molar-refractivity contribution is 0.607. The van der Waals surface area contributed by atoms with Gasteiger partial charge in [-0.25, -0.2) is 4.39 Å². The van der Waals surface area contributed by atoms with Gasteiger partial charge in [-0.05, 0) is 48.7 Å². The Labute approximate surface area is 163 Å². The summed E-state index contributed by atoms with van der Waals surface area (Å²) in [4.78, 5) is 6.99. The molecule has 28 heavy (non-hydrogen) atoms. The van der Waals surface area contributed by atoms with E-state index in [1.807, 2.05) is 36.4 Å². The van der Waals surface area contributed by atoms with Crippen molar-refractivity contribution in [1.82, 2.24) is 9.97 Å². The van der Waals surface area contributed by atoms with Crippen LogP contribution < -0.4 is 0 Å². The standard InChI is InChI=1S/C25H21FN2/c1-15-23(18-10-4-7-13-21(18)27-15)25(17-9-3-6-12-20(17)26)24-16(2)28-22-14-8-5-11-19(22)24/h3-14,25,27-28H,1-2H3. The monoisotopic (exact) mass is 368 g/mol. The molecule has 2 N–H and O–H groups in total. The maximum absolute atomic E-state index is 15.1. The predicted molar refractivity (Wildman–Crippen MR) is 113 cm³/mol. The van der Waals surface area contributed by atoms with Crippen LogP contribution in [0.15, 0.2) is 72.8 Å². The molecule has 0 spiro atoms. The first-order valence-electron chi connectivity index (χ1n) is 9.54. The first-order chi connectivity index (χ1) is 13.6. The largest absolute Gasteiger partial charge is 0.358 e. The molecule has 0 aliphatic carbocycles. The van der Waals surface area contributed by atoms with Crippen molar-refractivity contribution < 1.29 is 4.39 Å². The van der Waals surface area contributed by atoms with Gasteiger partial charge in [0.15, 0.2) is 0 Å². The van der Waals surface area contributed by atoms with Crippen LogP contribution in [0, 0.1) is 19.7 Å². The Kier molecular flexibility index (Phi) is 3.83. The molecular formula is C25H21FN2. The molecule has 0 aliphatic heterocycles. The van der Waals surface area contributed by atoms with Crippen LogP contribution in [0.3, 0.4) is 0 Å². The van der Waals surface area contributed by atoms with E-state index < -0.39 is 0 Å². The Hall–Kier alpha value is -3.33. The molecule has 3 aromatic carbocycles. The van der Waals surface area contributed by atoms with Crippen LogP contribution in [0.2, 0.25) is 0 Å². The molecule has 0 saturated heterocycles. The first-order valence-corrected chi connectivity index (χ1v) is 9.54. The van der Waals surface area contributed by atoms with Crippen molar-refractivity contribution in [2.45, 2.75) is 19.8 Å². The van der Waals surface area contributed by atoms with E-state index in [1.165, 1.54) is 0 Å². The van der Waals surface area contributed by atoms with Crippen molar-refractivity contribution in [2.75, 3.05) is 0 Å². The zero-order valence-corrected chi connectivity index (χ0v) is 15.9. The number of H-pyrrole nitrogens is 2. The van der Waals surface area contributed by atoms with Crippen LogP contribution >= 0.6 is 0 Å². The van der Waals surface area contributed by atoms with Gasteiger partial charge in [0.2, 0.25) is 0 Å². The molecular weight excluding hydrogens is 347 g/mol. The van der Waals surface area contributed by atoms with E-state index in [1.54, 1.807) is 12.1 Å². The molecule has 0 radical (unpaired) electrons. The first kappa shape index (κ1) is 16.8. The maximum atomic E-state index is 15.1. The number of nitrogens with one attached hydrogen (secondary N) is 2. The zero-order valence-electron chi connectivity index (χ0n) is 15.9. The van der Waals surface area contributed by atoms with E-state index in [4.69, 9.17) is 0 Å². The summed E-state index contributed by atoms with van der Waals surface area (Å²) in [6.45, 7) is 4.15. The van der Waals surface area contributed by atoms with Crippen molar-refractivity contribution in [3.63, 3.8) is 0 Å². The predicted octanol–water partition coefficient (Wildman–Crippen LogP) is 6.59. The van der Waals surface area contributed by atoms with Gasteiger partial charge in [-0.1, -0.05) is 54.6 Å². The fourth-order valence-corrected chi connectivity index (χ4v) is 4.51. The fraction of sp³-hybridized carbons (Fsp3) is 0.120. The van der Waals surface area contributed by atoms with Crippen LogP contribution in [0.5, 0.6) is 0 Å². The molecule has 138 valence electrons. The summed E-state index contributed by atoms with van der Waals surface area (Å²) >= 11 is 0. The molecule has 2 nitrogen and oxygen atoms in total. The van der Waals surface area contributed by atoms with Crippen LogP contribution in [0.1, 0.15) is 34.0 Å². The molecule has 3 heteroatoms. The number of halogens is 1. The lowest BCUT2D eigenvalue weighted by Crippen LogP contribution is -2.08. The summed E-state index contributed by atoms with van der Waals surface area (Å²) in [5, 5.41) is 2.27. The van der Waals surface area contributed by atoms with Gasteiger partial charge in [-0.2, -0.15) is 0 Å². The summed E-state index contributed by atoms with van der Waals surface area (Å²) in [6, 6.07) is 23.6. The SMILES string of the molecule is Cc1[nH]c2ccccc2c1C(c1ccccc1F)c1c(C)[nH]c2ccccc12. The second-order valence-electron chi connectivity index (χ2n) is 7.37.